The largest absolute Gasteiger partial charge is 0.364 e. The number of aromatic amines is 1. The van der Waals surface area contributed by atoms with E-state index in [0.717, 1.165) is 29.6 Å². The molecule has 0 saturated carbocycles. The molecule has 196 valence electrons. The number of likely N-dealkylation sites (tertiary alicyclic amines) is 1. The number of carbonyl (C=O) groups excluding carboxylic acids is 2. The number of nitrogens with one attached hydrogen (secondary N) is 2. The van der Waals surface area contributed by atoms with Gasteiger partial charge in [-0.05, 0) is 55.3 Å². The topological polar surface area (TPSA) is 133 Å². The van der Waals surface area contributed by atoms with Crippen molar-refractivity contribution >= 4 is 34.2 Å². The zero-order valence-electron chi connectivity index (χ0n) is 21.2. The molecule has 1 unspecified atom stereocenters. The van der Waals surface area contributed by atoms with Crippen molar-refractivity contribution in [2.75, 3.05) is 18.4 Å². The van der Waals surface area contributed by atoms with E-state index in [1.54, 1.807) is 12.1 Å². The average molecular weight is 521 g/mol. The number of rotatable bonds is 6. The molecule has 2 aliphatic heterocycles. The Balaban J connectivity index is 1.14. The Morgan fingerprint density at radius 3 is 2.46 bits per heavy atom. The van der Waals surface area contributed by atoms with E-state index in [1.165, 1.54) is 0 Å². The number of primary amides is 1. The molecular weight excluding hydrogens is 492 g/mol. The Kier molecular flexibility index (Phi) is 6.50. The minimum atomic E-state index is -0.566. The molecule has 4 N–H and O–H groups in total. The van der Waals surface area contributed by atoms with Gasteiger partial charge < -0.3 is 25.8 Å². The van der Waals surface area contributed by atoms with Crippen LogP contribution in [0.1, 0.15) is 23.3 Å². The fourth-order valence-electron chi connectivity index (χ4n) is 5.03. The lowest BCUT2D eigenvalue weighted by molar-refractivity contribution is -0.112. The molecule has 1 fully saturated rings. The van der Waals surface area contributed by atoms with Crippen molar-refractivity contribution in [1.29, 1.82) is 0 Å². The molecule has 0 aliphatic carbocycles. The van der Waals surface area contributed by atoms with Gasteiger partial charge in [0.15, 0.2) is 12.1 Å². The van der Waals surface area contributed by atoms with Crippen molar-refractivity contribution in [1.82, 2.24) is 24.8 Å². The number of anilines is 1. The second-order valence-corrected chi connectivity index (χ2v) is 9.56. The van der Waals surface area contributed by atoms with Gasteiger partial charge in [0, 0.05) is 31.0 Å². The molecule has 2 aromatic heterocycles. The highest BCUT2D eigenvalue weighted by Crippen LogP contribution is 2.25. The van der Waals surface area contributed by atoms with E-state index in [0.29, 0.717) is 30.3 Å². The van der Waals surface area contributed by atoms with Crippen LogP contribution >= 0.6 is 0 Å². The van der Waals surface area contributed by atoms with Crippen LogP contribution < -0.4 is 11.1 Å². The first kappa shape index (κ1) is 24.4. The number of aromatic nitrogens is 3. The minimum absolute atomic E-state index is 0.103. The SMILES string of the molecule is NC(=O)C1=NC(Nc2ccccc2)N(C2CCN(C(=O)c3cccc(-c4nc5ccccc5[nH]4)n3)CC2)C=C1. The molecule has 0 bridgehead atoms. The summed E-state index contributed by atoms with van der Waals surface area (Å²) in [7, 11) is 0. The molecule has 39 heavy (non-hydrogen) atoms. The Morgan fingerprint density at radius 2 is 1.69 bits per heavy atom. The van der Waals surface area contributed by atoms with Gasteiger partial charge in [-0.15, -0.1) is 0 Å². The van der Waals surface area contributed by atoms with Gasteiger partial charge in [-0.1, -0.05) is 36.4 Å². The molecule has 2 aliphatic rings. The van der Waals surface area contributed by atoms with Gasteiger partial charge in [-0.3, -0.25) is 9.59 Å². The van der Waals surface area contributed by atoms with Gasteiger partial charge in [0.2, 0.25) is 0 Å². The number of carbonyl (C=O) groups is 2. The zero-order chi connectivity index (χ0) is 26.8. The van der Waals surface area contributed by atoms with Crippen LogP contribution in [-0.4, -0.2) is 67.7 Å². The predicted octanol–water partition coefficient (Wildman–Crippen LogP) is 3.38. The summed E-state index contributed by atoms with van der Waals surface area (Å²) in [4.78, 5) is 46.2. The van der Waals surface area contributed by atoms with E-state index in [9.17, 15) is 9.59 Å². The number of benzene rings is 2. The number of para-hydroxylation sites is 3. The summed E-state index contributed by atoms with van der Waals surface area (Å²) in [5, 5.41) is 3.38. The Hall–Kier alpha value is -4.99. The van der Waals surface area contributed by atoms with Crippen molar-refractivity contribution in [3.05, 3.63) is 90.8 Å². The number of hydrogen-bond donors (Lipinski definition) is 3. The lowest BCUT2D eigenvalue weighted by Crippen LogP contribution is -2.51. The summed E-state index contributed by atoms with van der Waals surface area (Å²) in [5.41, 5.74) is 9.41. The molecule has 1 atom stereocenters. The first-order valence-electron chi connectivity index (χ1n) is 12.9. The molecule has 2 aromatic carbocycles. The smallest absolute Gasteiger partial charge is 0.272 e. The number of piperidine rings is 1. The van der Waals surface area contributed by atoms with E-state index < -0.39 is 12.2 Å². The van der Waals surface area contributed by atoms with Gasteiger partial charge in [0.25, 0.3) is 11.8 Å². The van der Waals surface area contributed by atoms with Crippen molar-refractivity contribution in [3.8, 4) is 11.5 Å². The molecule has 2 amide bonds. The highest BCUT2D eigenvalue weighted by Gasteiger charge is 2.32. The quantitative estimate of drug-likeness (QED) is 0.357. The minimum Gasteiger partial charge on any atom is -0.364 e. The fourth-order valence-corrected chi connectivity index (χ4v) is 5.03. The van der Waals surface area contributed by atoms with Crippen LogP contribution in [0, 0.1) is 0 Å². The van der Waals surface area contributed by atoms with Gasteiger partial charge in [0.05, 0.1) is 11.0 Å². The standard InChI is InChI=1S/C29H28N8O2/c30-26(38)23-15-18-37(29(35-23)31-19-7-2-1-3-8-19)20-13-16-36(17-14-20)28(39)25-12-6-11-24(32-25)27-33-21-9-4-5-10-22(21)34-27/h1-12,15,18,20,29,31H,13-14,16-17H2,(H2,30,38)(H,33,34). The molecule has 1 saturated heterocycles. The molecular formula is C29H28N8O2. The normalized spacial score (nSPS) is 17.7. The summed E-state index contributed by atoms with van der Waals surface area (Å²) in [6.45, 7) is 1.16. The summed E-state index contributed by atoms with van der Waals surface area (Å²) >= 11 is 0. The highest BCUT2D eigenvalue weighted by molar-refractivity contribution is 6.43. The first-order chi connectivity index (χ1) is 19.0. The third kappa shape index (κ3) is 5.08. The van der Waals surface area contributed by atoms with Crippen molar-refractivity contribution < 1.29 is 9.59 Å². The third-order valence-corrected chi connectivity index (χ3v) is 7.04. The lowest BCUT2D eigenvalue weighted by Gasteiger charge is -2.42. The maximum absolute atomic E-state index is 13.4. The maximum atomic E-state index is 13.4. The molecule has 4 heterocycles. The summed E-state index contributed by atoms with van der Waals surface area (Å²) in [6.07, 6.45) is 4.53. The van der Waals surface area contributed by atoms with Crippen molar-refractivity contribution in [3.63, 3.8) is 0 Å². The van der Waals surface area contributed by atoms with Gasteiger partial charge in [0.1, 0.15) is 17.1 Å². The zero-order valence-corrected chi connectivity index (χ0v) is 21.2. The Labute approximate surface area is 225 Å². The van der Waals surface area contributed by atoms with Crippen LogP contribution in [0.5, 0.6) is 0 Å². The number of fused-ring (bicyclic) bond motifs is 1. The lowest BCUT2D eigenvalue weighted by atomic mass is 10.0. The van der Waals surface area contributed by atoms with Crippen LogP contribution in [0.15, 0.2) is 90.1 Å². The van der Waals surface area contributed by atoms with E-state index >= 15 is 0 Å². The second-order valence-electron chi connectivity index (χ2n) is 9.56. The molecule has 10 heteroatoms. The summed E-state index contributed by atoms with van der Waals surface area (Å²) in [6, 6.07) is 23.0. The van der Waals surface area contributed by atoms with Gasteiger partial charge >= 0.3 is 0 Å². The number of nitrogens with two attached hydrogens (primary N) is 1. The van der Waals surface area contributed by atoms with E-state index in [4.69, 9.17) is 5.73 Å². The molecule has 6 rings (SSSR count). The summed E-state index contributed by atoms with van der Waals surface area (Å²) < 4.78 is 0. The average Bonchev–Trinajstić information content (AvgIpc) is 3.42. The van der Waals surface area contributed by atoms with Crippen LogP contribution in [0.3, 0.4) is 0 Å². The van der Waals surface area contributed by atoms with Gasteiger partial charge in [-0.2, -0.15) is 0 Å². The van der Waals surface area contributed by atoms with E-state index in [1.807, 2.05) is 77.8 Å². The van der Waals surface area contributed by atoms with Crippen LogP contribution in [0.25, 0.3) is 22.6 Å². The number of pyridine rings is 1. The monoisotopic (exact) mass is 520 g/mol. The Bertz CT molecular complexity index is 1540. The summed E-state index contributed by atoms with van der Waals surface area (Å²) in [5.74, 6) is -0.0357. The number of imidazole rings is 1. The van der Waals surface area contributed by atoms with Crippen molar-refractivity contribution in [2.45, 2.75) is 25.2 Å². The molecule has 0 radical (unpaired) electrons. The van der Waals surface area contributed by atoms with Crippen LogP contribution in [-0.2, 0) is 4.79 Å². The highest BCUT2D eigenvalue weighted by atomic mass is 16.2. The fraction of sp³-hybridized carbons (Fsp3) is 0.207. The molecule has 0 spiro atoms. The van der Waals surface area contributed by atoms with Crippen LogP contribution in [0.2, 0.25) is 0 Å². The predicted molar refractivity (Wildman–Crippen MR) is 150 cm³/mol. The third-order valence-electron chi connectivity index (χ3n) is 7.04. The van der Waals surface area contributed by atoms with Crippen LogP contribution in [0.4, 0.5) is 5.69 Å². The van der Waals surface area contributed by atoms with E-state index in [2.05, 4.69) is 30.2 Å². The van der Waals surface area contributed by atoms with E-state index in [-0.39, 0.29) is 17.7 Å². The van der Waals surface area contributed by atoms with Gasteiger partial charge in [-0.25, -0.2) is 15.0 Å². The Morgan fingerprint density at radius 1 is 0.923 bits per heavy atom. The maximum Gasteiger partial charge on any atom is 0.272 e. The second kappa shape index (κ2) is 10.4. The first-order valence-corrected chi connectivity index (χ1v) is 12.9. The number of hydrogen-bond acceptors (Lipinski definition) is 7. The number of aliphatic imine (C=N–C) groups is 1. The molecule has 4 aromatic rings. The number of nitrogens with zero attached hydrogens (tertiary/aromatic N) is 5. The molecule has 10 nitrogen and oxygen atoms in total. The van der Waals surface area contributed by atoms with Crippen molar-refractivity contribution in [2.24, 2.45) is 10.7 Å². The number of amides is 2. The number of H-pyrrole nitrogens is 1.